The Morgan fingerprint density at radius 1 is 1.40 bits per heavy atom. The minimum Gasteiger partial charge on any atom is -0.504 e. The summed E-state index contributed by atoms with van der Waals surface area (Å²) < 4.78 is 5.42. The number of nitrogens with zero attached hydrogens (tertiary/aromatic N) is 1. The summed E-state index contributed by atoms with van der Waals surface area (Å²) in [6.45, 7) is 8.23. The lowest BCUT2D eigenvalue weighted by Gasteiger charge is -2.41. The molecule has 0 bridgehead atoms. The Balaban J connectivity index is 2.13. The van der Waals surface area contributed by atoms with Crippen LogP contribution in [-0.4, -0.2) is 48.5 Å². The van der Waals surface area contributed by atoms with Crippen LogP contribution in [0.3, 0.4) is 0 Å². The van der Waals surface area contributed by atoms with Gasteiger partial charge in [-0.2, -0.15) is 0 Å². The summed E-state index contributed by atoms with van der Waals surface area (Å²) >= 11 is 0. The highest BCUT2D eigenvalue weighted by Crippen LogP contribution is 2.32. The van der Waals surface area contributed by atoms with Crippen molar-refractivity contribution in [2.24, 2.45) is 5.73 Å². The molecule has 1 aliphatic heterocycles. The molecule has 1 heterocycles. The number of rotatable bonds is 5. The first-order valence-electron chi connectivity index (χ1n) is 7.23. The van der Waals surface area contributed by atoms with Gasteiger partial charge in [-0.1, -0.05) is 12.1 Å². The third-order valence-corrected chi connectivity index (χ3v) is 3.77. The Labute approximate surface area is 120 Å². The van der Waals surface area contributed by atoms with E-state index in [1.165, 1.54) is 0 Å². The van der Waals surface area contributed by atoms with Crippen LogP contribution in [0.15, 0.2) is 18.2 Å². The van der Waals surface area contributed by atoms with Gasteiger partial charge in [0, 0.05) is 38.2 Å². The second-order valence-electron chi connectivity index (χ2n) is 5.47. The summed E-state index contributed by atoms with van der Waals surface area (Å²) in [4.78, 5) is 2.26. The minimum atomic E-state index is -0.468. The Bertz CT molecular complexity index is 443. The Morgan fingerprint density at radius 3 is 2.75 bits per heavy atom. The molecule has 1 unspecified atom stereocenters. The van der Waals surface area contributed by atoms with E-state index >= 15 is 0 Å². The number of nitrogens with two attached hydrogens (primary N) is 1. The molecule has 4 N–H and O–H groups in total. The van der Waals surface area contributed by atoms with Gasteiger partial charge in [0.05, 0.1) is 12.3 Å². The SMILES string of the molecule is CCOc1cccc(CC(C)(N)N2CCNCC2)c1O. The summed E-state index contributed by atoms with van der Waals surface area (Å²) in [5, 5.41) is 13.6. The molecule has 5 heteroatoms. The molecule has 0 radical (unpaired) electrons. The number of ether oxygens (including phenoxy) is 1. The van der Waals surface area contributed by atoms with E-state index in [4.69, 9.17) is 10.5 Å². The molecule has 1 aliphatic rings. The van der Waals surface area contributed by atoms with Crippen molar-refractivity contribution in [3.05, 3.63) is 23.8 Å². The maximum Gasteiger partial charge on any atom is 0.161 e. The summed E-state index contributed by atoms with van der Waals surface area (Å²) in [6.07, 6.45) is 0.597. The predicted molar refractivity (Wildman–Crippen MR) is 80.0 cm³/mol. The van der Waals surface area contributed by atoms with Crippen LogP contribution in [0.25, 0.3) is 0 Å². The van der Waals surface area contributed by atoms with Crippen molar-refractivity contribution in [2.75, 3.05) is 32.8 Å². The quantitative estimate of drug-likeness (QED) is 0.747. The molecule has 0 amide bonds. The van der Waals surface area contributed by atoms with Gasteiger partial charge in [-0.25, -0.2) is 0 Å². The first-order valence-corrected chi connectivity index (χ1v) is 7.23. The largest absolute Gasteiger partial charge is 0.504 e. The number of nitrogens with one attached hydrogen (secondary N) is 1. The summed E-state index contributed by atoms with van der Waals surface area (Å²) in [5.41, 5.74) is 6.83. The molecule has 0 spiro atoms. The first kappa shape index (κ1) is 15.1. The van der Waals surface area contributed by atoms with E-state index in [0.717, 1.165) is 31.7 Å². The van der Waals surface area contributed by atoms with Crippen molar-refractivity contribution in [1.82, 2.24) is 10.2 Å². The molecule has 0 aromatic heterocycles. The van der Waals surface area contributed by atoms with Crippen LogP contribution in [0, 0.1) is 0 Å². The molecular weight excluding hydrogens is 254 g/mol. The molecule has 112 valence electrons. The number of phenols is 1. The van der Waals surface area contributed by atoms with Crippen molar-refractivity contribution in [2.45, 2.75) is 25.9 Å². The Morgan fingerprint density at radius 2 is 2.10 bits per heavy atom. The van der Waals surface area contributed by atoms with Crippen molar-refractivity contribution >= 4 is 0 Å². The zero-order valence-electron chi connectivity index (χ0n) is 12.4. The van der Waals surface area contributed by atoms with E-state index in [1.54, 1.807) is 6.07 Å². The number of para-hydroxylation sites is 1. The molecule has 1 aromatic rings. The van der Waals surface area contributed by atoms with E-state index in [1.807, 2.05) is 26.0 Å². The number of benzene rings is 1. The predicted octanol–water partition coefficient (Wildman–Crippen LogP) is 0.913. The molecule has 0 aliphatic carbocycles. The van der Waals surface area contributed by atoms with Crippen LogP contribution >= 0.6 is 0 Å². The molecule has 1 aromatic carbocycles. The molecule has 0 saturated carbocycles. The van der Waals surface area contributed by atoms with E-state index in [0.29, 0.717) is 18.8 Å². The zero-order valence-corrected chi connectivity index (χ0v) is 12.4. The van der Waals surface area contributed by atoms with Gasteiger partial charge < -0.3 is 20.9 Å². The van der Waals surface area contributed by atoms with Crippen LogP contribution in [0.5, 0.6) is 11.5 Å². The van der Waals surface area contributed by atoms with Gasteiger partial charge in [0.2, 0.25) is 0 Å². The van der Waals surface area contributed by atoms with Crippen LogP contribution in [0.1, 0.15) is 19.4 Å². The monoisotopic (exact) mass is 279 g/mol. The fourth-order valence-corrected chi connectivity index (χ4v) is 2.66. The number of piperazine rings is 1. The average Bonchev–Trinajstić information content (AvgIpc) is 2.44. The smallest absolute Gasteiger partial charge is 0.161 e. The van der Waals surface area contributed by atoms with Gasteiger partial charge in [-0.3, -0.25) is 4.90 Å². The lowest BCUT2D eigenvalue weighted by Crippen LogP contribution is -2.60. The molecule has 1 saturated heterocycles. The lowest BCUT2D eigenvalue weighted by molar-refractivity contribution is 0.0925. The van der Waals surface area contributed by atoms with Crippen molar-refractivity contribution in [3.8, 4) is 11.5 Å². The van der Waals surface area contributed by atoms with Gasteiger partial charge >= 0.3 is 0 Å². The highest BCUT2D eigenvalue weighted by molar-refractivity contribution is 5.46. The van der Waals surface area contributed by atoms with Crippen LogP contribution in [0.4, 0.5) is 0 Å². The van der Waals surface area contributed by atoms with Crippen LogP contribution in [0.2, 0.25) is 0 Å². The molecule has 1 atom stereocenters. The second-order valence-corrected chi connectivity index (χ2v) is 5.47. The van der Waals surface area contributed by atoms with Crippen LogP contribution in [-0.2, 0) is 6.42 Å². The number of hydrogen-bond donors (Lipinski definition) is 3. The number of aromatic hydroxyl groups is 1. The van der Waals surface area contributed by atoms with E-state index in [2.05, 4.69) is 10.2 Å². The van der Waals surface area contributed by atoms with Gasteiger partial charge in [0.1, 0.15) is 0 Å². The van der Waals surface area contributed by atoms with Crippen LogP contribution < -0.4 is 15.8 Å². The van der Waals surface area contributed by atoms with Crippen molar-refractivity contribution in [3.63, 3.8) is 0 Å². The third-order valence-electron chi connectivity index (χ3n) is 3.77. The third kappa shape index (κ3) is 3.42. The maximum atomic E-state index is 10.3. The molecular formula is C15H25N3O2. The Kier molecular flexibility index (Phi) is 4.86. The molecule has 5 nitrogen and oxygen atoms in total. The van der Waals surface area contributed by atoms with E-state index in [-0.39, 0.29) is 5.75 Å². The zero-order chi connectivity index (χ0) is 14.6. The lowest BCUT2D eigenvalue weighted by atomic mass is 9.98. The molecule has 2 rings (SSSR count). The molecule has 20 heavy (non-hydrogen) atoms. The minimum absolute atomic E-state index is 0.209. The fraction of sp³-hybridized carbons (Fsp3) is 0.600. The van der Waals surface area contributed by atoms with Crippen molar-refractivity contribution in [1.29, 1.82) is 0 Å². The van der Waals surface area contributed by atoms with Gasteiger partial charge in [0.15, 0.2) is 11.5 Å². The highest BCUT2D eigenvalue weighted by atomic mass is 16.5. The highest BCUT2D eigenvalue weighted by Gasteiger charge is 2.29. The number of hydrogen-bond acceptors (Lipinski definition) is 5. The van der Waals surface area contributed by atoms with E-state index < -0.39 is 5.66 Å². The standard InChI is InChI=1S/C15H25N3O2/c1-3-20-13-6-4-5-12(14(13)19)11-15(2,16)18-9-7-17-8-10-18/h4-6,17,19H,3,7-11,16H2,1-2H3. The second kappa shape index (κ2) is 6.43. The van der Waals surface area contributed by atoms with Gasteiger partial charge in [0.25, 0.3) is 0 Å². The van der Waals surface area contributed by atoms with E-state index in [9.17, 15) is 5.11 Å². The van der Waals surface area contributed by atoms with Gasteiger partial charge in [-0.15, -0.1) is 0 Å². The summed E-state index contributed by atoms with van der Waals surface area (Å²) in [5.74, 6) is 0.738. The van der Waals surface area contributed by atoms with Gasteiger partial charge in [-0.05, 0) is 19.9 Å². The first-order chi connectivity index (χ1) is 9.54. The van der Waals surface area contributed by atoms with Crippen molar-refractivity contribution < 1.29 is 9.84 Å². The topological polar surface area (TPSA) is 70.8 Å². The molecule has 1 fully saturated rings. The Hall–Kier alpha value is -1.30. The summed E-state index contributed by atoms with van der Waals surface area (Å²) in [6, 6.07) is 5.58. The average molecular weight is 279 g/mol. The number of phenolic OH excluding ortho intramolecular Hbond substituents is 1. The fourth-order valence-electron chi connectivity index (χ4n) is 2.66. The maximum absolute atomic E-state index is 10.3. The normalized spacial score (nSPS) is 19.6. The summed E-state index contributed by atoms with van der Waals surface area (Å²) in [7, 11) is 0.